The van der Waals surface area contributed by atoms with E-state index in [-0.39, 0.29) is 5.91 Å². The fraction of sp³-hybridized carbons (Fsp3) is 0. The summed E-state index contributed by atoms with van der Waals surface area (Å²) in [6, 6.07) is 19.8. The standard InChI is InChI=1S/C20H16N2O/c23-20-18(13-7-12-16-8-3-1-4-9-16)21-19(22-20)15-14-17-10-5-2-6-11-17/h1-15H,(H,21,22,23)/b12-7+,15-14+,18-13-. The van der Waals surface area contributed by atoms with E-state index in [9.17, 15) is 4.79 Å². The molecule has 3 nitrogen and oxygen atoms in total. The molecule has 1 heterocycles. The lowest BCUT2D eigenvalue weighted by molar-refractivity contribution is -0.115. The molecule has 112 valence electrons. The van der Waals surface area contributed by atoms with Crippen LogP contribution in [0.2, 0.25) is 0 Å². The average Bonchev–Trinajstić information content (AvgIpc) is 2.95. The van der Waals surface area contributed by atoms with Gasteiger partial charge in [-0.2, -0.15) is 0 Å². The first kappa shape index (κ1) is 14.7. The third-order valence-electron chi connectivity index (χ3n) is 3.29. The number of allylic oxidation sites excluding steroid dienone is 2. The van der Waals surface area contributed by atoms with Crippen LogP contribution in [0.4, 0.5) is 0 Å². The van der Waals surface area contributed by atoms with E-state index in [1.165, 1.54) is 0 Å². The van der Waals surface area contributed by atoms with Crippen LogP contribution >= 0.6 is 0 Å². The van der Waals surface area contributed by atoms with Crippen molar-refractivity contribution in [1.82, 2.24) is 5.32 Å². The first-order valence-corrected chi connectivity index (χ1v) is 7.38. The van der Waals surface area contributed by atoms with E-state index < -0.39 is 0 Å². The van der Waals surface area contributed by atoms with Crippen LogP contribution in [0, 0.1) is 0 Å². The number of amidine groups is 1. The number of amides is 1. The van der Waals surface area contributed by atoms with E-state index in [1.807, 2.05) is 78.9 Å². The minimum absolute atomic E-state index is 0.185. The van der Waals surface area contributed by atoms with Crippen LogP contribution in [0.25, 0.3) is 12.2 Å². The van der Waals surface area contributed by atoms with Crippen LogP contribution < -0.4 is 5.32 Å². The van der Waals surface area contributed by atoms with Gasteiger partial charge in [0.15, 0.2) is 0 Å². The SMILES string of the molecule is O=C1NC(/C=C/c2ccccc2)=NC/1=C\C=C\c1ccccc1. The highest BCUT2D eigenvalue weighted by molar-refractivity contribution is 6.17. The summed E-state index contributed by atoms with van der Waals surface area (Å²) in [7, 11) is 0. The van der Waals surface area contributed by atoms with Crippen LogP contribution in [0.3, 0.4) is 0 Å². The normalized spacial score (nSPS) is 16.3. The Balaban J connectivity index is 1.70. The molecule has 0 aliphatic carbocycles. The van der Waals surface area contributed by atoms with Crippen LogP contribution in [0.15, 0.2) is 89.6 Å². The highest BCUT2D eigenvalue weighted by Crippen LogP contribution is 2.09. The van der Waals surface area contributed by atoms with E-state index in [0.717, 1.165) is 11.1 Å². The molecule has 0 radical (unpaired) electrons. The number of nitrogens with one attached hydrogen (secondary N) is 1. The summed E-state index contributed by atoms with van der Waals surface area (Å²) in [4.78, 5) is 16.2. The van der Waals surface area contributed by atoms with Gasteiger partial charge in [0.25, 0.3) is 5.91 Å². The number of hydrogen-bond acceptors (Lipinski definition) is 2. The maximum atomic E-state index is 11.9. The van der Waals surface area contributed by atoms with Crippen molar-refractivity contribution in [3.8, 4) is 0 Å². The smallest absolute Gasteiger partial charge is 0.275 e. The molecule has 1 N–H and O–H groups in total. The molecular weight excluding hydrogens is 284 g/mol. The van der Waals surface area contributed by atoms with Crippen molar-refractivity contribution in [2.45, 2.75) is 0 Å². The summed E-state index contributed by atoms with van der Waals surface area (Å²) in [5.74, 6) is 0.369. The molecule has 1 amide bonds. The van der Waals surface area contributed by atoms with Crippen molar-refractivity contribution in [1.29, 1.82) is 0 Å². The number of benzene rings is 2. The minimum Gasteiger partial charge on any atom is -0.305 e. The maximum absolute atomic E-state index is 11.9. The zero-order chi connectivity index (χ0) is 15.9. The van der Waals surface area contributed by atoms with Gasteiger partial charge in [-0.05, 0) is 23.3 Å². The molecule has 0 bridgehead atoms. The number of aliphatic imine (C=N–C) groups is 1. The molecule has 0 saturated carbocycles. The molecular formula is C20H16N2O. The Morgan fingerprint density at radius 3 is 2.04 bits per heavy atom. The number of nitrogens with zero attached hydrogens (tertiary/aromatic N) is 1. The maximum Gasteiger partial charge on any atom is 0.275 e. The van der Waals surface area contributed by atoms with Gasteiger partial charge in [0.05, 0.1) is 0 Å². The molecule has 2 aromatic rings. The molecule has 0 atom stereocenters. The van der Waals surface area contributed by atoms with E-state index in [1.54, 1.807) is 12.2 Å². The predicted molar refractivity (Wildman–Crippen MR) is 94.6 cm³/mol. The fourth-order valence-corrected chi connectivity index (χ4v) is 2.13. The van der Waals surface area contributed by atoms with E-state index in [2.05, 4.69) is 10.3 Å². The van der Waals surface area contributed by atoms with Crippen LogP contribution in [-0.2, 0) is 4.79 Å². The number of carbonyl (C=O) groups excluding carboxylic acids is 1. The molecule has 0 fully saturated rings. The van der Waals surface area contributed by atoms with Gasteiger partial charge in [-0.25, -0.2) is 4.99 Å². The van der Waals surface area contributed by atoms with Crippen molar-refractivity contribution in [3.05, 3.63) is 95.7 Å². The second-order valence-corrected chi connectivity index (χ2v) is 5.02. The lowest BCUT2D eigenvalue weighted by Crippen LogP contribution is -2.22. The third-order valence-corrected chi connectivity index (χ3v) is 3.29. The summed E-state index contributed by atoms with van der Waals surface area (Å²) in [6.07, 6.45) is 9.20. The van der Waals surface area contributed by atoms with Gasteiger partial charge in [-0.15, -0.1) is 0 Å². The Morgan fingerprint density at radius 1 is 0.783 bits per heavy atom. The van der Waals surface area contributed by atoms with Gasteiger partial charge in [0.2, 0.25) is 0 Å². The topological polar surface area (TPSA) is 41.5 Å². The van der Waals surface area contributed by atoms with Crippen molar-refractivity contribution in [2.75, 3.05) is 0 Å². The van der Waals surface area contributed by atoms with Gasteiger partial charge in [-0.1, -0.05) is 78.9 Å². The Kier molecular flexibility index (Phi) is 4.60. The second-order valence-electron chi connectivity index (χ2n) is 5.02. The van der Waals surface area contributed by atoms with E-state index in [0.29, 0.717) is 11.5 Å². The molecule has 0 aromatic heterocycles. The zero-order valence-corrected chi connectivity index (χ0v) is 12.5. The second kappa shape index (κ2) is 7.18. The fourth-order valence-electron chi connectivity index (χ4n) is 2.13. The molecule has 0 saturated heterocycles. The highest BCUT2D eigenvalue weighted by atomic mass is 16.2. The minimum atomic E-state index is -0.185. The van der Waals surface area contributed by atoms with Crippen LogP contribution in [-0.4, -0.2) is 11.7 Å². The van der Waals surface area contributed by atoms with Gasteiger partial charge in [0, 0.05) is 0 Å². The molecule has 2 aromatic carbocycles. The molecule has 23 heavy (non-hydrogen) atoms. The lowest BCUT2D eigenvalue weighted by atomic mass is 10.2. The van der Waals surface area contributed by atoms with Gasteiger partial charge >= 0.3 is 0 Å². The first-order chi connectivity index (χ1) is 11.3. The van der Waals surface area contributed by atoms with E-state index >= 15 is 0 Å². The number of hydrogen-bond donors (Lipinski definition) is 1. The van der Waals surface area contributed by atoms with Crippen LogP contribution in [0.1, 0.15) is 11.1 Å². The van der Waals surface area contributed by atoms with Crippen molar-refractivity contribution in [3.63, 3.8) is 0 Å². The quantitative estimate of drug-likeness (QED) is 0.857. The van der Waals surface area contributed by atoms with Crippen molar-refractivity contribution in [2.24, 2.45) is 4.99 Å². The number of carbonyl (C=O) groups is 1. The average molecular weight is 300 g/mol. The first-order valence-electron chi connectivity index (χ1n) is 7.38. The van der Waals surface area contributed by atoms with Crippen molar-refractivity contribution >= 4 is 23.9 Å². The molecule has 1 aliphatic heterocycles. The van der Waals surface area contributed by atoms with Gasteiger partial charge in [0.1, 0.15) is 11.5 Å². The Bertz CT molecular complexity index is 800. The van der Waals surface area contributed by atoms with Gasteiger partial charge in [-0.3, -0.25) is 4.79 Å². The monoisotopic (exact) mass is 300 g/mol. The summed E-state index contributed by atoms with van der Waals surface area (Å²) in [6.45, 7) is 0. The number of rotatable bonds is 4. The van der Waals surface area contributed by atoms with Crippen LogP contribution in [0.5, 0.6) is 0 Å². The Hall–Kier alpha value is -3.20. The molecule has 0 spiro atoms. The zero-order valence-electron chi connectivity index (χ0n) is 12.5. The largest absolute Gasteiger partial charge is 0.305 e. The lowest BCUT2D eigenvalue weighted by Gasteiger charge is -1.92. The van der Waals surface area contributed by atoms with Gasteiger partial charge < -0.3 is 5.32 Å². The molecule has 3 heteroatoms. The summed E-state index contributed by atoms with van der Waals surface area (Å²) < 4.78 is 0. The molecule has 3 rings (SSSR count). The summed E-state index contributed by atoms with van der Waals surface area (Å²) in [5.41, 5.74) is 2.55. The highest BCUT2D eigenvalue weighted by Gasteiger charge is 2.16. The summed E-state index contributed by atoms with van der Waals surface area (Å²) >= 11 is 0. The Labute approximate surface area is 135 Å². The van der Waals surface area contributed by atoms with E-state index in [4.69, 9.17) is 0 Å². The van der Waals surface area contributed by atoms with Crippen molar-refractivity contribution < 1.29 is 4.79 Å². The third kappa shape index (κ3) is 4.14. The molecule has 1 aliphatic rings. The Morgan fingerprint density at radius 2 is 1.39 bits per heavy atom. The molecule has 0 unspecified atom stereocenters. The summed E-state index contributed by atoms with van der Waals surface area (Å²) in [5, 5.41) is 2.74. The predicted octanol–water partition coefficient (Wildman–Crippen LogP) is 3.83.